The molecule has 0 aromatic carbocycles. The molecule has 0 radical (unpaired) electrons. The first-order valence-electron chi connectivity index (χ1n) is 4.21. The number of hydrogen-bond acceptors (Lipinski definition) is 4. The highest BCUT2D eigenvalue weighted by Crippen LogP contribution is 2.07. The van der Waals surface area contributed by atoms with Crippen LogP contribution in [-0.2, 0) is 0 Å². The van der Waals surface area contributed by atoms with Crippen LogP contribution in [0, 0.1) is 10.1 Å². The van der Waals surface area contributed by atoms with Crippen LogP contribution in [0.4, 0.5) is 5.69 Å². The Morgan fingerprint density at radius 3 is 2.87 bits per heavy atom. The summed E-state index contributed by atoms with van der Waals surface area (Å²) in [5, 5.41) is 12.8. The maximum atomic E-state index is 11.3. The molecule has 0 unspecified atom stereocenters. The van der Waals surface area contributed by atoms with Gasteiger partial charge in [0.1, 0.15) is 5.56 Å². The monoisotopic (exact) mass is 211 g/mol. The molecule has 0 aliphatic heterocycles. The fraction of sp³-hybridized carbons (Fsp3) is 0.250. The van der Waals surface area contributed by atoms with Gasteiger partial charge in [-0.2, -0.15) is 0 Å². The third-order valence-electron chi connectivity index (χ3n) is 1.68. The Bertz CT molecular complexity index is 451. The number of rotatable bonds is 3. The van der Waals surface area contributed by atoms with Gasteiger partial charge in [-0.1, -0.05) is 0 Å². The predicted molar refractivity (Wildman–Crippen MR) is 51.7 cm³/mol. The molecule has 0 aliphatic rings. The summed E-state index contributed by atoms with van der Waals surface area (Å²) in [6.07, 6.45) is 0.949. The molecular weight excluding hydrogens is 202 g/mol. The predicted octanol–water partition coefficient (Wildman–Crippen LogP) is 0.0328. The van der Waals surface area contributed by atoms with Gasteiger partial charge >= 0.3 is 0 Å². The summed E-state index contributed by atoms with van der Waals surface area (Å²) < 4.78 is 0. The Kier molecular flexibility index (Phi) is 3.17. The second-order valence-corrected chi connectivity index (χ2v) is 2.72. The van der Waals surface area contributed by atoms with E-state index in [4.69, 9.17) is 0 Å². The molecular formula is C8H9N3O4. The largest absolute Gasteiger partial charge is 0.352 e. The SMILES string of the molecule is CCNC(=O)c1cc([N+](=O)[O-])c[nH]c1=O. The molecule has 0 saturated heterocycles. The standard InChI is InChI=1S/C8H9N3O4/c1-2-9-7(12)6-3-5(11(14)15)4-10-8(6)13/h3-4H,2H2,1H3,(H,9,12)(H,10,13). The number of carbonyl (C=O) groups is 1. The van der Waals surface area contributed by atoms with Crippen molar-refractivity contribution in [3.8, 4) is 0 Å². The number of nitrogens with one attached hydrogen (secondary N) is 2. The number of H-pyrrole nitrogens is 1. The summed E-state index contributed by atoms with van der Waals surface area (Å²) in [6, 6.07) is 0.948. The van der Waals surface area contributed by atoms with Crippen molar-refractivity contribution in [1.29, 1.82) is 0 Å². The Hall–Kier alpha value is -2.18. The van der Waals surface area contributed by atoms with Crippen molar-refractivity contribution in [3.05, 3.63) is 38.3 Å². The van der Waals surface area contributed by atoms with E-state index in [-0.39, 0.29) is 11.3 Å². The van der Waals surface area contributed by atoms with Crippen LogP contribution >= 0.6 is 0 Å². The van der Waals surface area contributed by atoms with E-state index in [1.807, 2.05) is 0 Å². The number of carbonyl (C=O) groups excluding carboxylic acids is 1. The Balaban J connectivity index is 3.16. The molecule has 80 valence electrons. The van der Waals surface area contributed by atoms with E-state index in [9.17, 15) is 19.7 Å². The molecule has 0 fully saturated rings. The Morgan fingerprint density at radius 2 is 2.33 bits per heavy atom. The van der Waals surface area contributed by atoms with Crippen LogP contribution in [0.5, 0.6) is 0 Å². The summed E-state index contributed by atoms with van der Waals surface area (Å²) in [7, 11) is 0. The molecule has 0 saturated carbocycles. The molecule has 1 rings (SSSR count). The van der Waals surface area contributed by atoms with Crippen LogP contribution in [0.15, 0.2) is 17.1 Å². The zero-order valence-corrected chi connectivity index (χ0v) is 7.94. The van der Waals surface area contributed by atoms with E-state index in [0.717, 1.165) is 12.3 Å². The minimum absolute atomic E-state index is 0.258. The third-order valence-corrected chi connectivity index (χ3v) is 1.68. The maximum absolute atomic E-state index is 11.3. The average molecular weight is 211 g/mol. The Morgan fingerprint density at radius 1 is 1.67 bits per heavy atom. The number of pyridine rings is 1. The third kappa shape index (κ3) is 2.39. The second kappa shape index (κ2) is 4.36. The van der Waals surface area contributed by atoms with E-state index in [2.05, 4.69) is 10.3 Å². The molecule has 1 aromatic heterocycles. The first kappa shape index (κ1) is 10.9. The van der Waals surface area contributed by atoms with Gasteiger partial charge in [0.2, 0.25) is 0 Å². The highest BCUT2D eigenvalue weighted by Gasteiger charge is 2.14. The smallest absolute Gasteiger partial charge is 0.286 e. The van der Waals surface area contributed by atoms with Crippen LogP contribution in [0.3, 0.4) is 0 Å². The van der Waals surface area contributed by atoms with Crippen LogP contribution in [0.25, 0.3) is 0 Å². The van der Waals surface area contributed by atoms with E-state index >= 15 is 0 Å². The molecule has 0 spiro atoms. The average Bonchev–Trinajstić information content (AvgIpc) is 2.18. The second-order valence-electron chi connectivity index (χ2n) is 2.72. The lowest BCUT2D eigenvalue weighted by Crippen LogP contribution is -2.29. The van der Waals surface area contributed by atoms with Gasteiger partial charge in [0.05, 0.1) is 11.1 Å². The topological polar surface area (TPSA) is 105 Å². The van der Waals surface area contributed by atoms with Gasteiger partial charge in [0.25, 0.3) is 17.2 Å². The molecule has 15 heavy (non-hydrogen) atoms. The highest BCUT2D eigenvalue weighted by molar-refractivity contribution is 5.94. The number of hydrogen-bond donors (Lipinski definition) is 2. The number of aromatic amines is 1. The number of aromatic nitrogens is 1. The maximum Gasteiger partial charge on any atom is 0.286 e. The quantitative estimate of drug-likeness (QED) is 0.543. The summed E-state index contributed by atoms with van der Waals surface area (Å²) in [5.74, 6) is -0.623. The normalized spacial score (nSPS) is 9.67. The first-order valence-corrected chi connectivity index (χ1v) is 4.21. The van der Waals surface area contributed by atoms with Crippen molar-refractivity contribution in [2.45, 2.75) is 6.92 Å². The number of nitrogens with zero attached hydrogens (tertiary/aromatic N) is 1. The lowest BCUT2D eigenvalue weighted by Gasteiger charge is -2.00. The minimum atomic E-state index is -0.682. The summed E-state index contributed by atoms with van der Waals surface area (Å²) in [4.78, 5) is 34.3. The fourth-order valence-electron chi connectivity index (χ4n) is 1.00. The number of amides is 1. The van der Waals surface area contributed by atoms with Gasteiger partial charge in [-0.3, -0.25) is 19.7 Å². The van der Waals surface area contributed by atoms with Gasteiger partial charge in [-0.05, 0) is 6.92 Å². The molecule has 0 atom stereocenters. The minimum Gasteiger partial charge on any atom is -0.352 e. The van der Waals surface area contributed by atoms with Crippen molar-refractivity contribution >= 4 is 11.6 Å². The summed E-state index contributed by atoms with van der Waals surface area (Å²) in [6.45, 7) is 2.03. The van der Waals surface area contributed by atoms with E-state index in [1.54, 1.807) is 6.92 Å². The van der Waals surface area contributed by atoms with Crippen LogP contribution in [0.1, 0.15) is 17.3 Å². The fourth-order valence-corrected chi connectivity index (χ4v) is 1.00. The first-order chi connectivity index (χ1) is 7.06. The van der Waals surface area contributed by atoms with Gasteiger partial charge < -0.3 is 10.3 Å². The zero-order chi connectivity index (χ0) is 11.4. The molecule has 1 aromatic rings. The highest BCUT2D eigenvalue weighted by atomic mass is 16.6. The van der Waals surface area contributed by atoms with Crippen molar-refractivity contribution in [2.75, 3.05) is 6.54 Å². The molecule has 1 amide bonds. The van der Waals surface area contributed by atoms with E-state index in [0.29, 0.717) is 6.54 Å². The lowest BCUT2D eigenvalue weighted by atomic mass is 10.2. The van der Waals surface area contributed by atoms with Crippen molar-refractivity contribution in [1.82, 2.24) is 10.3 Å². The van der Waals surface area contributed by atoms with Crippen LogP contribution in [-0.4, -0.2) is 22.4 Å². The summed E-state index contributed by atoms with van der Waals surface area (Å²) >= 11 is 0. The molecule has 2 N–H and O–H groups in total. The van der Waals surface area contributed by atoms with Crippen LogP contribution < -0.4 is 10.9 Å². The number of nitro groups is 1. The van der Waals surface area contributed by atoms with Crippen LogP contribution in [0.2, 0.25) is 0 Å². The molecule has 0 aliphatic carbocycles. The van der Waals surface area contributed by atoms with E-state index < -0.39 is 16.4 Å². The lowest BCUT2D eigenvalue weighted by molar-refractivity contribution is -0.385. The van der Waals surface area contributed by atoms with Crippen molar-refractivity contribution in [2.24, 2.45) is 0 Å². The van der Waals surface area contributed by atoms with Gasteiger partial charge in [-0.15, -0.1) is 0 Å². The molecule has 7 nitrogen and oxygen atoms in total. The zero-order valence-electron chi connectivity index (χ0n) is 7.94. The van der Waals surface area contributed by atoms with Crippen molar-refractivity contribution in [3.63, 3.8) is 0 Å². The van der Waals surface area contributed by atoms with Gasteiger partial charge in [-0.25, -0.2) is 0 Å². The van der Waals surface area contributed by atoms with Gasteiger partial charge in [0.15, 0.2) is 0 Å². The molecule has 0 bridgehead atoms. The van der Waals surface area contributed by atoms with Crippen molar-refractivity contribution < 1.29 is 9.72 Å². The van der Waals surface area contributed by atoms with E-state index in [1.165, 1.54) is 0 Å². The molecule has 7 heteroatoms. The Labute approximate surface area is 84.3 Å². The summed E-state index contributed by atoms with van der Waals surface area (Å²) in [5.41, 5.74) is -1.23. The molecule has 1 heterocycles. The van der Waals surface area contributed by atoms with Gasteiger partial charge in [0, 0.05) is 12.6 Å².